The van der Waals surface area contributed by atoms with Crippen LogP contribution in [0.4, 0.5) is 16.0 Å². The monoisotopic (exact) mass is 775 g/mol. The number of piperidine rings is 3. The number of carbonyl (C=O) groups is 3. The first-order chi connectivity index (χ1) is 27.5. The summed E-state index contributed by atoms with van der Waals surface area (Å²) in [6, 6.07) is 14.3. The minimum absolute atomic E-state index is 0.133. The number of rotatable bonds is 9. The number of nitrogens with one attached hydrogen (secondary N) is 3. The van der Waals surface area contributed by atoms with E-state index in [9.17, 15) is 14.4 Å². The van der Waals surface area contributed by atoms with Crippen LogP contribution in [0.5, 0.6) is 0 Å². The molecule has 0 aliphatic carbocycles. The van der Waals surface area contributed by atoms with Crippen LogP contribution in [0.3, 0.4) is 0 Å². The highest BCUT2D eigenvalue weighted by atomic mass is 19.1. The van der Waals surface area contributed by atoms with Crippen molar-refractivity contribution in [3.8, 4) is 0 Å². The number of H-pyrrole nitrogens is 1. The van der Waals surface area contributed by atoms with Crippen LogP contribution in [0.1, 0.15) is 98.1 Å². The summed E-state index contributed by atoms with van der Waals surface area (Å²) < 4.78 is 15.2. The third-order valence-electron chi connectivity index (χ3n) is 13.0. The molecule has 13 heteroatoms. The van der Waals surface area contributed by atoms with E-state index in [-0.39, 0.29) is 36.2 Å². The zero-order valence-corrected chi connectivity index (χ0v) is 33.3. The number of para-hydroxylation sites is 1. The van der Waals surface area contributed by atoms with E-state index in [2.05, 4.69) is 67.6 Å². The van der Waals surface area contributed by atoms with Gasteiger partial charge in [0.1, 0.15) is 11.7 Å². The summed E-state index contributed by atoms with van der Waals surface area (Å²) >= 11 is 0. The Bertz CT molecular complexity index is 2150. The van der Waals surface area contributed by atoms with Crippen LogP contribution in [0.15, 0.2) is 54.9 Å². The number of nitrogens with zero attached hydrogens (tertiary/aromatic N) is 6. The molecule has 2 aromatic carbocycles. The van der Waals surface area contributed by atoms with Crippen molar-refractivity contribution in [2.45, 2.75) is 102 Å². The van der Waals surface area contributed by atoms with Crippen LogP contribution in [0.2, 0.25) is 0 Å². The average molecular weight is 776 g/mol. The van der Waals surface area contributed by atoms with Gasteiger partial charge in [-0.1, -0.05) is 18.2 Å². The molecule has 5 aliphatic heterocycles. The lowest BCUT2D eigenvalue weighted by atomic mass is 9.88. The van der Waals surface area contributed by atoms with Crippen LogP contribution in [0, 0.1) is 5.92 Å². The molecule has 3 atom stereocenters. The number of amides is 3. The Morgan fingerprint density at radius 3 is 2.40 bits per heavy atom. The topological polar surface area (TPSA) is 130 Å². The van der Waals surface area contributed by atoms with Gasteiger partial charge in [0, 0.05) is 104 Å². The second-order valence-electron chi connectivity index (χ2n) is 17.6. The number of hydrogen-bond acceptors (Lipinski definition) is 9. The zero-order valence-electron chi connectivity index (χ0n) is 33.3. The Hall–Kier alpha value is -4.88. The predicted octanol–water partition coefficient (Wildman–Crippen LogP) is 5.28. The van der Waals surface area contributed by atoms with Gasteiger partial charge in [0.25, 0.3) is 5.91 Å². The highest BCUT2D eigenvalue weighted by Crippen LogP contribution is 2.41. The largest absolute Gasteiger partial charge is 0.371 e. The summed E-state index contributed by atoms with van der Waals surface area (Å²) in [7, 11) is 0. The molecular formula is C44H54FN9O3. The molecule has 7 heterocycles. The first kappa shape index (κ1) is 37.7. The molecule has 2 aromatic heterocycles. The number of alkyl halides is 1. The second-order valence-corrected chi connectivity index (χ2v) is 17.6. The smallest absolute Gasteiger partial charge is 0.255 e. The number of aromatic amines is 1. The van der Waals surface area contributed by atoms with Gasteiger partial charge in [-0.2, -0.15) is 0 Å². The fraction of sp³-hybridized carbons (Fsp3) is 0.523. The molecule has 3 fully saturated rings. The maximum Gasteiger partial charge on any atom is 0.255 e. The molecule has 9 rings (SSSR count). The van der Waals surface area contributed by atoms with Gasteiger partial charge in [-0.3, -0.25) is 24.6 Å². The number of hydrogen-bond donors (Lipinski definition) is 3. The number of benzene rings is 2. The number of halogens is 1. The van der Waals surface area contributed by atoms with Crippen molar-refractivity contribution in [3.63, 3.8) is 0 Å². The molecule has 57 heavy (non-hydrogen) atoms. The van der Waals surface area contributed by atoms with E-state index >= 15 is 4.39 Å². The maximum absolute atomic E-state index is 15.2. The second kappa shape index (κ2) is 15.1. The van der Waals surface area contributed by atoms with Gasteiger partial charge >= 0.3 is 0 Å². The van der Waals surface area contributed by atoms with Gasteiger partial charge in [0.05, 0.1) is 6.04 Å². The SMILES string of the molecule is C[C@@H]1Cc2c([nH]c3ccccc23)[C@@H](c2cnc(N3CCC(CNC4CCN(c5ccc6c(c5)CN(C5CCC(=O)NC5=O)C6=O)CC4)CC3)nc2)N1CC(C)(C)F. The zero-order chi connectivity index (χ0) is 39.4. The number of fused-ring (bicyclic) bond motifs is 4. The summed E-state index contributed by atoms with van der Waals surface area (Å²) in [5.74, 6) is 0.572. The lowest BCUT2D eigenvalue weighted by Gasteiger charge is -2.42. The van der Waals surface area contributed by atoms with Crippen LogP contribution >= 0.6 is 0 Å². The highest BCUT2D eigenvalue weighted by molar-refractivity contribution is 6.05. The summed E-state index contributed by atoms with van der Waals surface area (Å²) in [5.41, 5.74) is 5.89. The van der Waals surface area contributed by atoms with Crippen molar-refractivity contribution >= 4 is 40.3 Å². The van der Waals surface area contributed by atoms with E-state index in [1.807, 2.05) is 24.5 Å². The van der Waals surface area contributed by atoms with E-state index in [4.69, 9.17) is 9.97 Å². The standard InChI is InChI=1S/C44H54FN9O3/c1-27-20-35-34-6-4-5-7-36(34)49-39(35)40(54(27)26-44(2,3)45)30-23-47-43(48-24-30)52-16-12-28(13-17-52)22-46-31-14-18-51(19-15-31)32-8-9-33-29(21-32)25-53(42(33)57)37-10-11-38(55)50-41(37)56/h4-9,21,23-24,27-28,31,37,40,46,49H,10-20,22,25-26H2,1-3H3,(H,50,55,56)/t27-,37?,40-/m1/s1. The predicted molar refractivity (Wildman–Crippen MR) is 218 cm³/mol. The van der Waals surface area contributed by atoms with Crippen molar-refractivity contribution in [2.75, 3.05) is 49.1 Å². The lowest BCUT2D eigenvalue weighted by molar-refractivity contribution is -0.136. The molecule has 300 valence electrons. The van der Waals surface area contributed by atoms with Gasteiger partial charge in [-0.15, -0.1) is 0 Å². The Morgan fingerprint density at radius 2 is 1.67 bits per heavy atom. The van der Waals surface area contributed by atoms with Crippen molar-refractivity contribution in [1.82, 2.24) is 35.4 Å². The minimum Gasteiger partial charge on any atom is -0.371 e. The molecule has 5 aliphatic rings. The normalized spacial score (nSPS) is 24.0. The van der Waals surface area contributed by atoms with Crippen LogP contribution < -0.4 is 20.4 Å². The molecule has 3 N–H and O–H groups in total. The first-order valence-corrected chi connectivity index (χ1v) is 20.9. The fourth-order valence-electron chi connectivity index (χ4n) is 9.95. The first-order valence-electron chi connectivity index (χ1n) is 20.9. The summed E-state index contributed by atoms with van der Waals surface area (Å²) in [4.78, 5) is 59.3. The van der Waals surface area contributed by atoms with Crippen LogP contribution in [0.25, 0.3) is 10.9 Å². The lowest BCUT2D eigenvalue weighted by Crippen LogP contribution is -2.52. The molecule has 0 spiro atoms. The molecule has 3 amide bonds. The number of imide groups is 1. The average Bonchev–Trinajstić information content (AvgIpc) is 3.73. The summed E-state index contributed by atoms with van der Waals surface area (Å²) in [6.45, 7) is 11.0. The minimum atomic E-state index is -1.34. The van der Waals surface area contributed by atoms with Gasteiger partial charge in [-0.25, -0.2) is 14.4 Å². The van der Waals surface area contributed by atoms with Crippen molar-refractivity contribution in [1.29, 1.82) is 0 Å². The third-order valence-corrected chi connectivity index (χ3v) is 13.0. The highest BCUT2D eigenvalue weighted by Gasteiger charge is 2.41. The Kier molecular flexibility index (Phi) is 10.0. The third kappa shape index (κ3) is 7.51. The van der Waals surface area contributed by atoms with E-state index < -0.39 is 11.7 Å². The van der Waals surface area contributed by atoms with E-state index in [1.54, 1.807) is 18.7 Å². The van der Waals surface area contributed by atoms with Crippen molar-refractivity contribution in [3.05, 3.63) is 82.8 Å². The van der Waals surface area contributed by atoms with Crippen LogP contribution in [-0.4, -0.2) is 106 Å². The van der Waals surface area contributed by atoms with E-state index in [1.165, 1.54) is 10.9 Å². The molecule has 0 saturated carbocycles. The van der Waals surface area contributed by atoms with Crippen LogP contribution in [-0.2, 0) is 22.6 Å². The number of carbonyl (C=O) groups excluding carboxylic acids is 3. The molecule has 0 bridgehead atoms. The van der Waals surface area contributed by atoms with E-state index in [0.29, 0.717) is 37.0 Å². The van der Waals surface area contributed by atoms with Gasteiger partial charge in [0.2, 0.25) is 17.8 Å². The molecule has 1 unspecified atom stereocenters. The summed E-state index contributed by atoms with van der Waals surface area (Å²) in [5, 5.41) is 7.49. The Morgan fingerprint density at radius 1 is 0.930 bits per heavy atom. The summed E-state index contributed by atoms with van der Waals surface area (Å²) in [6.07, 6.45) is 9.67. The molecule has 3 saturated heterocycles. The number of anilines is 2. The van der Waals surface area contributed by atoms with Gasteiger partial charge in [-0.05, 0) is 107 Å². The maximum atomic E-state index is 15.2. The van der Waals surface area contributed by atoms with Crippen molar-refractivity contribution in [2.24, 2.45) is 5.92 Å². The molecule has 0 radical (unpaired) electrons. The Balaban J connectivity index is 0.767. The van der Waals surface area contributed by atoms with Crippen molar-refractivity contribution < 1.29 is 18.8 Å². The number of aromatic nitrogens is 3. The molecular weight excluding hydrogens is 722 g/mol. The molecule has 4 aromatic rings. The quantitative estimate of drug-likeness (QED) is 0.195. The fourth-order valence-corrected chi connectivity index (χ4v) is 9.95. The van der Waals surface area contributed by atoms with E-state index in [0.717, 1.165) is 98.8 Å². The Labute approximate surface area is 333 Å². The van der Waals surface area contributed by atoms with Gasteiger partial charge < -0.3 is 25.0 Å². The van der Waals surface area contributed by atoms with Gasteiger partial charge in [0.15, 0.2) is 0 Å². The molecule has 12 nitrogen and oxygen atoms in total.